The van der Waals surface area contributed by atoms with Gasteiger partial charge in [0.1, 0.15) is 35.7 Å². The molecule has 5 aromatic carbocycles. The SMILES string of the molecule is C=CCO[C@@]12Oc3ccc(Oc4cccc([N+](=O)[O-])c4)cc3[C@H]3[C@H](CCCCO)[C@@H](CCCCO)C=C(C(=NOCc4ccc([N+](=O)[O-])cc4)C[C@@H]1N(Cc1ccc(F)cc1)C(=O)c1ccc(C#N)cc1)[C@H]32. The molecule has 0 saturated heterocycles. The van der Waals surface area contributed by atoms with Gasteiger partial charge in [0.2, 0.25) is 5.79 Å². The summed E-state index contributed by atoms with van der Waals surface area (Å²) in [6.07, 6.45) is 7.53. The number of oxime groups is 1. The number of nitro groups is 2. The summed E-state index contributed by atoms with van der Waals surface area (Å²) in [5.74, 6) is -3.04. The van der Waals surface area contributed by atoms with Crippen LogP contribution in [0.3, 0.4) is 0 Å². The summed E-state index contributed by atoms with van der Waals surface area (Å²) < 4.78 is 35.3. The number of carbonyl (C=O) groups excluding carboxylic acids is 1. The molecule has 1 heterocycles. The average Bonchev–Trinajstić information content (AvgIpc) is 3.39. The highest BCUT2D eigenvalue weighted by Gasteiger charge is 2.65. The van der Waals surface area contributed by atoms with E-state index in [0.717, 1.165) is 11.1 Å². The third-order valence-corrected chi connectivity index (χ3v) is 13.6. The Balaban J connectivity index is 1.36. The van der Waals surface area contributed by atoms with E-state index in [2.05, 4.69) is 18.7 Å². The number of carbonyl (C=O) groups is 1. The maximum atomic E-state index is 15.4. The highest BCUT2D eigenvalue weighted by Crippen LogP contribution is 2.62. The predicted molar refractivity (Wildman–Crippen MR) is 263 cm³/mol. The van der Waals surface area contributed by atoms with Gasteiger partial charge in [0.25, 0.3) is 17.3 Å². The molecular weight excluding hydrogens is 926 g/mol. The Labute approximate surface area is 415 Å². The Bertz CT molecular complexity index is 2870. The van der Waals surface area contributed by atoms with Crippen LogP contribution in [0.4, 0.5) is 15.8 Å². The third-order valence-electron chi connectivity index (χ3n) is 13.6. The minimum Gasteiger partial charge on any atom is -0.459 e. The number of amides is 1. The van der Waals surface area contributed by atoms with Crippen molar-refractivity contribution >= 4 is 23.0 Å². The Morgan fingerprint density at radius 3 is 2.26 bits per heavy atom. The largest absolute Gasteiger partial charge is 0.459 e. The number of halogens is 1. The van der Waals surface area contributed by atoms with Crippen molar-refractivity contribution in [2.75, 3.05) is 19.8 Å². The van der Waals surface area contributed by atoms with Crippen LogP contribution in [-0.2, 0) is 22.7 Å². The molecule has 0 bridgehead atoms. The van der Waals surface area contributed by atoms with Crippen molar-refractivity contribution in [1.82, 2.24) is 4.90 Å². The first-order valence-electron chi connectivity index (χ1n) is 23.9. The van der Waals surface area contributed by atoms with Crippen LogP contribution in [0.1, 0.15) is 83.5 Å². The number of aliphatic hydroxyl groups excluding tert-OH is 2. The molecule has 1 saturated carbocycles. The molecule has 1 aliphatic heterocycles. The van der Waals surface area contributed by atoms with E-state index < -0.39 is 45.2 Å². The zero-order valence-corrected chi connectivity index (χ0v) is 39.4. The molecule has 8 rings (SSSR count). The van der Waals surface area contributed by atoms with Crippen LogP contribution in [-0.4, -0.2) is 68.2 Å². The summed E-state index contributed by atoms with van der Waals surface area (Å²) in [6, 6.07) is 30.3. The van der Waals surface area contributed by atoms with Crippen LogP contribution < -0.4 is 9.47 Å². The number of unbranched alkanes of at least 4 members (excludes halogenated alkanes) is 2. The van der Waals surface area contributed by atoms with Gasteiger partial charge in [0.15, 0.2) is 0 Å². The van der Waals surface area contributed by atoms with Crippen molar-refractivity contribution in [3.63, 3.8) is 0 Å². The summed E-state index contributed by atoms with van der Waals surface area (Å²) in [6.45, 7) is 3.85. The molecule has 1 amide bonds. The second kappa shape index (κ2) is 23.0. The van der Waals surface area contributed by atoms with E-state index in [1.54, 1.807) is 77.7 Å². The lowest BCUT2D eigenvalue weighted by atomic mass is 9.55. The lowest BCUT2D eigenvalue weighted by Crippen LogP contribution is -2.70. The first-order valence-corrected chi connectivity index (χ1v) is 23.9. The van der Waals surface area contributed by atoms with Crippen LogP contribution in [0.15, 0.2) is 145 Å². The molecule has 6 atom stereocenters. The van der Waals surface area contributed by atoms with E-state index in [4.69, 9.17) is 24.2 Å². The molecule has 3 aliphatic rings. The van der Waals surface area contributed by atoms with Crippen molar-refractivity contribution in [2.24, 2.45) is 22.9 Å². The summed E-state index contributed by atoms with van der Waals surface area (Å²) in [5, 5.41) is 57.8. The molecule has 372 valence electrons. The van der Waals surface area contributed by atoms with Gasteiger partial charge in [-0.1, -0.05) is 48.3 Å². The number of hydrogen-bond acceptors (Lipinski definition) is 13. The minimum atomic E-state index is -1.69. The van der Waals surface area contributed by atoms with Crippen molar-refractivity contribution in [3.05, 3.63) is 193 Å². The van der Waals surface area contributed by atoms with Crippen LogP contribution in [0.2, 0.25) is 0 Å². The quantitative estimate of drug-likeness (QED) is 0.0286. The van der Waals surface area contributed by atoms with E-state index in [9.17, 15) is 40.1 Å². The smallest absolute Gasteiger partial charge is 0.273 e. The van der Waals surface area contributed by atoms with E-state index in [-0.39, 0.29) is 73.9 Å². The van der Waals surface area contributed by atoms with E-state index in [1.807, 2.05) is 6.07 Å². The summed E-state index contributed by atoms with van der Waals surface area (Å²) in [4.78, 5) is 45.4. The Kier molecular flexibility index (Phi) is 16.1. The number of allylic oxidation sites excluding steroid dienone is 1. The number of benzene rings is 5. The zero-order valence-electron chi connectivity index (χ0n) is 39.4. The van der Waals surface area contributed by atoms with Gasteiger partial charge in [-0.3, -0.25) is 25.0 Å². The maximum Gasteiger partial charge on any atom is 0.273 e. The fourth-order valence-corrected chi connectivity index (χ4v) is 10.4. The van der Waals surface area contributed by atoms with Crippen molar-refractivity contribution in [3.8, 4) is 23.3 Å². The van der Waals surface area contributed by atoms with Gasteiger partial charge in [-0.05, 0) is 127 Å². The molecule has 72 heavy (non-hydrogen) atoms. The van der Waals surface area contributed by atoms with Gasteiger partial charge < -0.3 is 34.2 Å². The molecule has 2 aliphatic carbocycles. The highest BCUT2D eigenvalue weighted by atomic mass is 19.1. The summed E-state index contributed by atoms with van der Waals surface area (Å²) in [5.41, 5.74) is 3.53. The predicted octanol–water partition coefficient (Wildman–Crippen LogP) is 10.5. The van der Waals surface area contributed by atoms with E-state index >= 15 is 4.79 Å². The fourth-order valence-electron chi connectivity index (χ4n) is 10.4. The molecular formula is C55H54FN5O11. The van der Waals surface area contributed by atoms with Crippen LogP contribution in [0.5, 0.6) is 17.2 Å². The van der Waals surface area contributed by atoms with Gasteiger partial charge in [0, 0.05) is 61.4 Å². The molecule has 0 aromatic heterocycles. The molecule has 0 unspecified atom stereocenters. The van der Waals surface area contributed by atoms with Crippen molar-refractivity contribution in [1.29, 1.82) is 5.26 Å². The number of aliphatic hydroxyl groups is 2. The van der Waals surface area contributed by atoms with Crippen LogP contribution >= 0.6 is 0 Å². The van der Waals surface area contributed by atoms with E-state index in [1.165, 1.54) is 42.5 Å². The number of nitrogens with zero attached hydrogens (tertiary/aromatic N) is 5. The first kappa shape index (κ1) is 50.6. The number of fused-ring (bicyclic) bond motifs is 2. The zero-order chi connectivity index (χ0) is 50.8. The van der Waals surface area contributed by atoms with Crippen molar-refractivity contribution < 1.29 is 48.3 Å². The molecule has 0 spiro atoms. The molecule has 2 N–H and O–H groups in total. The van der Waals surface area contributed by atoms with Gasteiger partial charge in [-0.25, -0.2) is 4.39 Å². The fraction of sp³-hybridized carbons (Fsp3) is 0.327. The molecule has 17 heteroatoms. The number of rotatable bonds is 22. The average molecular weight is 980 g/mol. The highest BCUT2D eigenvalue weighted by molar-refractivity contribution is 6.03. The van der Waals surface area contributed by atoms with Gasteiger partial charge >= 0.3 is 0 Å². The molecule has 1 fully saturated rings. The monoisotopic (exact) mass is 979 g/mol. The molecule has 16 nitrogen and oxygen atoms in total. The van der Waals surface area contributed by atoms with Crippen LogP contribution in [0, 0.1) is 55.1 Å². The Morgan fingerprint density at radius 2 is 1.58 bits per heavy atom. The number of nitriles is 1. The number of non-ortho nitro benzene ring substituents is 2. The molecule has 5 aromatic rings. The Hall–Kier alpha value is -7.78. The number of hydrogen-bond donors (Lipinski definition) is 2. The van der Waals surface area contributed by atoms with Gasteiger partial charge in [-0.2, -0.15) is 5.26 Å². The van der Waals surface area contributed by atoms with Gasteiger partial charge in [0.05, 0.1) is 45.8 Å². The normalized spacial score (nSPS) is 21.2. The minimum absolute atomic E-state index is 0.0000777. The van der Waals surface area contributed by atoms with Gasteiger partial charge in [-0.15, -0.1) is 6.58 Å². The molecule has 0 radical (unpaired) electrons. The maximum absolute atomic E-state index is 15.4. The van der Waals surface area contributed by atoms with E-state index in [0.29, 0.717) is 72.4 Å². The topological polar surface area (TPSA) is 220 Å². The first-order chi connectivity index (χ1) is 35.0. The standard InChI is InChI=1S/C55H54FN5O11/c1-2-28-69-55-51(59(34-37-14-20-41(56)21-15-37)54(64)39-18-12-36(33-57)13-19-39)32-49(58-70-35-38-16-22-42(23-17-38)60(65)66)47-29-40(8-3-5-26-62)46(11-4-6-27-63)52(53(47)55)48-31-45(24-25-50(48)72-55)71-44-10-7-9-43(30-44)61(67)68/h2,7,9-10,12-25,29-31,40,46,51-53,62-63H,1,3-6,8,11,26-28,32,34-35H2/t40-,46+,51-,52+,53+,55+/m0/s1. The van der Waals surface area contributed by atoms with Crippen LogP contribution in [0.25, 0.3) is 0 Å². The Morgan fingerprint density at radius 1 is 0.889 bits per heavy atom. The number of ether oxygens (including phenoxy) is 3. The third kappa shape index (κ3) is 11.1. The number of nitro benzene ring substituents is 2. The second-order valence-corrected chi connectivity index (χ2v) is 18.1. The summed E-state index contributed by atoms with van der Waals surface area (Å²) >= 11 is 0. The second-order valence-electron chi connectivity index (χ2n) is 18.1. The lowest BCUT2D eigenvalue weighted by molar-refractivity contribution is -0.385. The lowest BCUT2D eigenvalue weighted by Gasteiger charge is -2.60. The van der Waals surface area contributed by atoms with Crippen molar-refractivity contribution in [2.45, 2.75) is 75.8 Å². The summed E-state index contributed by atoms with van der Waals surface area (Å²) in [7, 11) is 0.